The normalized spacial score (nSPS) is 10.7. The number of hydrogen-bond donors (Lipinski definition) is 0. The molecule has 0 fully saturated rings. The molecule has 1 aromatic heterocycles. The van der Waals surface area contributed by atoms with Crippen LogP contribution in [0.3, 0.4) is 0 Å². The summed E-state index contributed by atoms with van der Waals surface area (Å²) < 4.78 is 0. The monoisotopic (exact) mass is 262 g/mol. The lowest BCUT2D eigenvalue weighted by Crippen LogP contribution is -2.07. The summed E-state index contributed by atoms with van der Waals surface area (Å²) in [4.78, 5) is 12.2. The van der Waals surface area contributed by atoms with E-state index in [-0.39, 0.29) is 5.78 Å². The molecule has 0 amide bonds. The first-order valence-corrected chi connectivity index (χ1v) is 7.55. The standard InChI is InChI=1S/C16H26N2O/c1-4-6-7-8-9-10-11-16(19)14-12-13(3)17-18-15(14)5-2/h12H,4-11H2,1-3H3. The molecule has 3 heteroatoms. The van der Waals surface area contributed by atoms with E-state index < -0.39 is 0 Å². The van der Waals surface area contributed by atoms with E-state index in [0.717, 1.165) is 36.2 Å². The zero-order chi connectivity index (χ0) is 14.1. The predicted molar refractivity (Wildman–Crippen MR) is 78.5 cm³/mol. The predicted octanol–water partition coefficient (Wildman–Crippen LogP) is 4.28. The molecule has 1 heterocycles. The fourth-order valence-corrected chi connectivity index (χ4v) is 2.22. The highest BCUT2D eigenvalue weighted by atomic mass is 16.1. The van der Waals surface area contributed by atoms with Gasteiger partial charge in [-0.25, -0.2) is 0 Å². The molecule has 19 heavy (non-hydrogen) atoms. The lowest BCUT2D eigenvalue weighted by Gasteiger charge is -2.06. The first kappa shape index (κ1) is 15.8. The van der Waals surface area contributed by atoms with Gasteiger partial charge in [-0.1, -0.05) is 46.0 Å². The van der Waals surface area contributed by atoms with Crippen LogP contribution in [-0.4, -0.2) is 16.0 Å². The lowest BCUT2D eigenvalue weighted by atomic mass is 10.0. The number of ketones is 1. The average molecular weight is 262 g/mol. The number of aryl methyl sites for hydroxylation is 2. The second kappa shape index (κ2) is 8.78. The molecule has 0 radical (unpaired) electrons. The number of Topliss-reactive ketones (excluding diaryl/α,β-unsaturated/α-hetero) is 1. The third-order valence-electron chi connectivity index (χ3n) is 3.39. The molecule has 1 rings (SSSR count). The minimum Gasteiger partial charge on any atom is -0.294 e. The molecular weight excluding hydrogens is 236 g/mol. The van der Waals surface area contributed by atoms with Gasteiger partial charge in [-0.05, 0) is 25.8 Å². The van der Waals surface area contributed by atoms with Gasteiger partial charge in [-0.3, -0.25) is 4.79 Å². The van der Waals surface area contributed by atoms with Gasteiger partial charge >= 0.3 is 0 Å². The number of nitrogens with zero attached hydrogens (tertiary/aromatic N) is 2. The number of carbonyl (C=O) groups excluding carboxylic acids is 1. The largest absolute Gasteiger partial charge is 0.294 e. The van der Waals surface area contributed by atoms with Crippen molar-refractivity contribution in [2.24, 2.45) is 0 Å². The summed E-state index contributed by atoms with van der Waals surface area (Å²) >= 11 is 0. The molecule has 0 aliphatic rings. The zero-order valence-corrected chi connectivity index (χ0v) is 12.5. The van der Waals surface area contributed by atoms with Gasteiger partial charge in [0.2, 0.25) is 0 Å². The molecule has 0 atom stereocenters. The molecule has 0 bridgehead atoms. The highest BCUT2D eigenvalue weighted by molar-refractivity contribution is 5.97. The maximum atomic E-state index is 12.2. The van der Waals surface area contributed by atoms with E-state index in [4.69, 9.17) is 0 Å². The van der Waals surface area contributed by atoms with E-state index >= 15 is 0 Å². The van der Waals surface area contributed by atoms with Crippen LogP contribution in [0.15, 0.2) is 6.07 Å². The van der Waals surface area contributed by atoms with Crippen molar-refractivity contribution in [3.63, 3.8) is 0 Å². The lowest BCUT2D eigenvalue weighted by molar-refractivity contribution is 0.0977. The Hall–Kier alpha value is -1.25. The van der Waals surface area contributed by atoms with Gasteiger partial charge in [-0.2, -0.15) is 10.2 Å². The first-order chi connectivity index (χ1) is 9.19. The topological polar surface area (TPSA) is 42.9 Å². The molecule has 0 aromatic carbocycles. The molecule has 0 N–H and O–H groups in total. The molecule has 0 aliphatic heterocycles. The Kier molecular flexibility index (Phi) is 7.31. The van der Waals surface area contributed by atoms with Crippen LogP contribution >= 0.6 is 0 Å². The van der Waals surface area contributed by atoms with Crippen LogP contribution in [-0.2, 0) is 6.42 Å². The van der Waals surface area contributed by atoms with E-state index in [1.165, 1.54) is 25.7 Å². The summed E-state index contributed by atoms with van der Waals surface area (Å²) in [5, 5.41) is 8.14. The summed E-state index contributed by atoms with van der Waals surface area (Å²) in [5.41, 5.74) is 2.44. The van der Waals surface area contributed by atoms with Gasteiger partial charge in [-0.15, -0.1) is 0 Å². The van der Waals surface area contributed by atoms with Gasteiger partial charge in [0, 0.05) is 12.0 Å². The second-order valence-corrected chi connectivity index (χ2v) is 5.14. The highest BCUT2D eigenvalue weighted by Crippen LogP contribution is 2.14. The summed E-state index contributed by atoms with van der Waals surface area (Å²) in [7, 11) is 0. The van der Waals surface area contributed by atoms with E-state index in [1.807, 2.05) is 19.9 Å². The molecule has 0 aliphatic carbocycles. The third-order valence-corrected chi connectivity index (χ3v) is 3.39. The Morgan fingerprint density at radius 2 is 1.74 bits per heavy atom. The van der Waals surface area contributed by atoms with Gasteiger partial charge in [0.25, 0.3) is 0 Å². The molecule has 0 spiro atoms. The first-order valence-electron chi connectivity index (χ1n) is 7.55. The maximum absolute atomic E-state index is 12.2. The van der Waals surface area contributed by atoms with Crippen molar-refractivity contribution in [3.8, 4) is 0 Å². The van der Waals surface area contributed by atoms with Crippen LogP contribution in [0.2, 0.25) is 0 Å². The summed E-state index contributed by atoms with van der Waals surface area (Å²) in [5.74, 6) is 0.227. The van der Waals surface area contributed by atoms with Gasteiger partial charge in [0.05, 0.1) is 11.4 Å². The zero-order valence-electron chi connectivity index (χ0n) is 12.5. The number of rotatable bonds is 9. The Labute approximate surface area is 116 Å². The van der Waals surface area contributed by atoms with E-state index in [9.17, 15) is 4.79 Å². The van der Waals surface area contributed by atoms with E-state index in [0.29, 0.717) is 6.42 Å². The van der Waals surface area contributed by atoms with Gasteiger partial charge in [0.15, 0.2) is 5.78 Å². The Morgan fingerprint density at radius 1 is 1.05 bits per heavy atom. The Balaban J connectivity index is 2.43. The third kappa shape index (κ3) is 5.50. The Morgan fingerprint density at radius 3 is 2.42 bits per heavy atom. The van der Waals surface area contributed by atoms with Crippen LogP contribution in [0.1, 0.15) is 80.5 Å². The summed E-state index contributed by atoms with van der Waals surface area (Å²) in [6.07, 6.45) is 8.67. The fourth-order valence-electron chi connectivity index (χ4n) is 2.22. The number of aromatic nitrogens is 2. The van der Waals surface area contributed by atoms with Crippen LogP contribution in [0.5, 0.6) is 0 Å². The molecule has 0 unspecified atom stereocenters. The van der Waals surface area contributed by atoms with Crippen molar-refractivity contribution >= 4 is 5.78 Å². The number of hydrogen-bond acceptors (Lipinski definition) is 3. The van der Waals surface area contributed by atoms with Crippen molar-refractivity contribution in [1.29, 1.82) is 0 Å². The van der Waals surface area contributed by atoms with Crippen molar-refractivity contribution in [2.45, 2.75) is 72.1 Å². The quantitative estimate of drug-likeness (QED) is 0.493. The molecular formula is C16H26N2O. The summed E-state index contributed by atoms with van der Waals surface area (Å²) in [6.45, 7) is 6.11. The molecule has 1 aromatic rings. The van der Waals surface area contributed by atoms with Gasteiger partial charge < -0.3 is 0 Å². The fraction of sp³-hybridized carbons (Fsp3) is 0.688. The van der Waals surface area contributed by atoms with Crippen molar-refractivity contribution in [1.82, 2.24) is 10.2 Å². The van der Waals surface area contributed by atoms with E-state index in [1.54, 1.807) is 0 Å². The number of unbranched alkanes of at least 4 members (excludes halogenated alkanes) is 5. The SMILES string of the molecule is CCCCCCCCC(=O)c1cc(C)nnc1CC. The highest BCUT2D eigenvalue weighted by Gasteiger charge is 2.12. The Bertz CT molecular complexity index is 402. The second-order valence-electron chi connectivity index (χ2n) is 5.14. The molecule has 106 valence electrons. The van der Waals surface area contributed by atoms with Crippen molar-refractivity contribution in [3.05, 3.63) is 23.0 Å². The molecule has 3 nitrogen and oxygen atoms in total. The molecule has 0 saturated heterocycles. The van der Waals surface area contributed by atoms with Crippen molar-refractivity contribution < 1.29 is 4.79 Å². The van der Waals surface area contributed by atoms with Crippen LogP contribution in [0, 0.1) is 6.92 Å². The van der Waals surface area contributed by atoms with Crippen LogP contribution in [0.25, 0.3) is 0 Å². The molecule has 0 saturated carbocycles. The average Bonchev–Trinajstić information content (AvgIpc) is 2.42. The van der Waals surface area contributed by atoms with Crippen molar-refractivity contribution in [2.75, 3.05) is 0 Å². The van der Waals surface area contributed by atoms with Gasteiger partial charge in [0.1, 0.15) is 0 Å². The van der Waals surface area contributed by atoms with Crippen LogP contribution in [0.4, 0.5) is 0 Å². The van der Waals surface area contributed by atoms with Crippen LogP contribution < -0.4 is 0 Å². The smallest absolute Gasteiger partial charge is 0.164 e. The van der Waals surface area contributed by atoms with E-state index in [2.05, 4.69) is 17.1 Å². The number of carbonyl (C=O) groups is 1. The minimum absolute atomic E-state index is 0.227. The maximum Gasteiger partial charge on any atom is 0.164 e. The minimum atomic E-state index is 0.227. The summed E-state index contributed by atoms with van der Waals surface area (Å²) in [6, 6.07) is 1.88.